The minimum Gasteiger partial charge on any atom is -0.493 e. The molecule has 0 amide bonds. The van der Waals surface area contributed by atoms with Crippen LogP contribution in [-0.2, 0) is 0 Å². The van der Waals surface area contributed by atoms with Crippen molar-refractivity contribution in [2.24, 2.45) is 0 Å². The molecule has 5 nitrogen and oxygen atoms in total. The summed E-state index contributed by atoms with van der Waals surface area (Å²) in [5.74, 6) is -0.126. The molecule has 0 aliphatic carbocycles. The zero-order valence-corrected chi connectivity index (χ0v) is 10.7. The topological polar surface area (TPSA) is 71.5 Å². The van der Waals surface area contributed by atoms with Crippen LogP contribution < -0.4 is 10.1 Å². The molecule has 1 aliphatic rings. The Bertz CT molecular complexity index is 625. The molecule has 2 N–H and O–H groups in total. The van der Waals surface area contributed by atoms with E-state index in [1.54, 1.807) is 12.3 Å². The molecule has 0 spiro atoms. The van der Waals surface area contributed by atoms with E-state index in [1.807, 2.05) is 24.3 Å². The van der Waals surface area contributed by atoms with Crippen molar-refractivity contribution in [2.75, 3.05) is 11.9 Å². The van der Waals surface area contributed by atoms with Crippen molar-refractivity contribution in [1.29, 1.82) is 0 Å². The van der Waals surface area contributed by atoms with Gasteiger partial charge in [-0.1, -0.05) is 18.2 Å². The number of carboxylic acid groups (broad SMARTS) is 1. The molecule has 2 aromatic rings. The Labute approximate surface area is 116 Å². The third kappa shape index (κ3) is 2.42. The van der Waals surface area contributed by atoms with Gasteiger partial charge in [-0.05, 0) is 18.2 Å². The zero-order chi connectivity index (χ0) is 13.9. The van der Waals surface area contributed by atoms with Gasteiger partial charge in [-0.3, -0.25) is 0 Å². The van der Waals surface area contributed by atoms with E-state index in [4.69, 9.17) is 9.84 Å². The number of aromatic nitrogens is 1. The molecule has 1 unspecified atom stereocenters. The van der Waals surface area contributed by atoms with E-state index in [2.05, 4.69) is 10.3 Å². The normalized spacial score (nSPS) is 16.9. The molecular formula is C15H14N2O3. The van der Waals surface area contributed by atoms with Gasteiger partial charge < -0.3 is 15.2 Å². The average Bonchev–Trinajstić information content (AvgIpc) is 2.48. The molecule has 2 heterocycles. The molecule has 0 radical (unpaired) electrons. The first-order chi connectivity index (χ1) is 9.74. The lowest BCUT2D eigenvalue weighted by molar-refractivity contribution is 0.0690. The minimum atomic E-state index is -1.02. The largest absolute Gasteiger partial charge is 0.493 e. The summed E-state index contributed by atoms with van der Waals surface area (Å²) in [4.78, 5) is 14.7. The Hall–Kier alpha value is -2.56. The first-order valence-corrected chi connectivity index (χ1v) is 6.41. The molecule has 1 aromatic heterocycles. The van der Waals surface area contributed by atoms with Crippen molar-refractivity contribution in [1.82, 2.24) is 4.98 Å². The fourth-order valence-corrected chi connectivity index (χ4v) is 2.30. The highest BCUT2D eigenvalue weighted by Crippen LogP contribution is 2.33. The maximum Gasteiger partial charge on any atom is 0.354 e. The van der Waals surface area contributed by atoms with Gasteiger partial charge in [-0.25, -0.2) is 9.78 Å². The van der Waals surface area contributed by atoms with Crippen molar-refractivity contribution in [3.63, 3.8) is 0 Å². The maximum atomic E-state index is 10.8. The van der Waals surface area contributed by atoms with Crippen LogP contribution in [0.15, 0.2) is 42.6 Å². The van der Waals surface area contributed by atoms with Gasteiger partial charge in [-0.2, -0.15) is 0 Å². The van der Waals surface area contributed by atoms with Gasteiger partial charge in [0.05, 0.1) is 24.5 Å². The number of rotatable bonds is 3. The van der Waals surface area contributed by atoms with Crippen molar-refractivity contribution in [2.45, 2.75) is 12.5 Å². The highest BCUT2D eigenvalue weighted by Gasteiger charge is 2.20. The van der Waals surface area contributed by atoms with E-state index in [9.17, 15) is 4.79 Å². The van der Waals surface area contributed by atoms with E-state index < -0.39 is 5.97 Å². The average molecular weight is 270 g/mol. The number of aromatic carboxylic acids is 1. The van der Waals surface area contributed by atoms with Gasteiger partial charge in [0.1, 0.15) is 11.4 Å². The third-order valence-electron chi connectivity index (χ3n) is 3.28. The molecule has 102 valence electrons. The Morgan fingerprint density at radius 2 is 2.15 bits per heavy atom. The standard InChI is InChI=1S/C15H14N2O3/c18-15(19)13-6-5-10(9-16-13)17-12-7-8-20-14-4-2-1-3-11(12)14/h1-6,9,12,17H,7-8H2,(H,18,19). The van der Waals surface area contributed by atoms with E-state index in [0.29, 0.717) is 6.61 Å². The number of nitrogens with zero attached hydrogens (tertiary/aromatic N) is 1. The highest BCUT2D eigenvalue weighted by atomic mass is 16.5. The van der Waals surface area contributed by atoms with Gasteiger partial charge in [0.25, 0.3) is 0 Å². The summed E-state index contributed by atoms with van der Waals surface area (Å²) in [6, 6.07) is 11.3. The molecule has 1 aromatic carbocycles. The van der Waals surface area contributed by atoms with E-state index in [1.165, 1.54) is 6.07 Å². The van der Waals surface area contributed by atoms with Crippen molar-refractivity contribution >= 4 is 11.7 Å². The van der Waals surface area contributed by atoms with Gasteiger partial charge in [0.2, 0.25) is 0 Å². The fraction of sp³-hybridized carbons (Fsp3) is 0.200. The number of hydrogen-bond donors (Lipinski definition) is 2. The van der Waals surface area contributed by atoms with Crippen LogP contribution in [0, 0.1) is 0 Å². The number of fused-ring (bicyclic) bond motifs is 1. The second-order valence-electron chi connectivity index (χ2n) is 4.61. The second-order valence-corrected chi connectivity index (χ2v) is 4.61. The minimum absolute atomic E-state index is 0.0444. The first-order valence-electron chi connectivity index (χ1n) is 6.41. The SMILES string of the molecule is O=C(O)c1ccc(NC2CCOc3ccccc32)cn1. The quantitative estimate of drug-likeness (QED) is 0.897. The molecule has 0 fully saturated rings. The summed E-state index contributed by atoms with van der Waals surface area (Å²) >= 11 is 0. The van der Waals surface area contributed by atoms with Gasteiger partial charge in [0.15, 0.2) is 0 Å². The number of ether oxygens (including phenoxy) is 1. The number of anilines is 1. The number of para-hydroxylation sites is 1. The number of nitrogens with one attached hydrogen (secondary N) is 1. The lowest BCUT2D eigenvalue weighted by Gasteiger charge is -2.27. The fourth-order valence-electron chi connectivity index (χ4n) is 2.30. The van der Waals surface area contributed by atoms with E-state index in [-0.39, 0.29) is 11.7 Å². The van der Waals surface area contributed by atoms with Crippen LogP contribution in [-0.4, -0.2) is 22.7 Å². The van der Waals surface area contributed by atoms with Crippen LogP contribution in [0.25, 0.3) is 0 Å². The third-order valence-corrected chi connectivity index (χ3v) is 3.28. The Morgan fingerprint density at radius 1 is 1.30 bits per heavy atom. The number of benzene rings is 1. The van der Waals surface area contributed by atoms with Crippen LogP contribution >= 0.6 is 0 Å². The summed E-state index contributed by atoms with van der Waals surface area (Å²) in [6.07, 6.45) is 2.40. The van der Waals surface area contributed by atoms with Crippen molar-refractivity contribution < 1.29 is 14.6 Å². The molecular weight excluding hydrogens is 256 g/mol. The molecule has 0 bridgehead atoms. The molecule has 0 saturated carbocycles. The Kier molecular flexibility index (Phi) is 3.25. The predicted molar refractivity (Wildman–Crippen MR) is 74.1 cm³/mol. The number of hydrogen-bond acceptors (Lipinski definition) is 4. The molecule has 3 rings (SSSR count). The van der Waals surface area contributed by atoms with Crippen molar-refractivity contribution in [3.8, 4) is 5.75 Å². The first kappa shape index (κ1) is 12.5. The summed E-state index contributed by atoms with van der Waals surface area (Å²) < 4.78 is 5.61. The molecule has 1 aliphatic heterocycles. The summed E-state index contributed by atoms with van der Waals surface area (Å²) in [6.45, 7) is 0.662. The smallest absolute Gasteiger partial charge is 0.354 e. The number of carboxylic acids is 1. The summed E-state index contributed by atoms with van der Waals surface area (Å²) in [5, 5.41) is 12.2. The lowest BCUT2D eigenvalue weighted by atomic mass is 10.0. The Morgan fingerprint density at radius 3 is 2.90 bits per heavy atom. The second kappa shape index (κ2) is 5.21. The van der Waals surface area contributed by atoms with Gasteiger partial charge in [-0.15, -0.1) is 0 Å². The van der Waals surface area contributed by atoms with Gasteiger partial charge in [0, 0.05) is 12.0 Å². The lowest BCUT2D eigenvalue weighted by Crippen LogP contribution is -2.20. The van der Waals surface area contributed by atoms with Crippen LogP contribution in [0.1, 0.15) is 28.5 Å². The highest BCUT2D eigenvalue weighted by molar-refractivity contribution is 5.85. The van der Waals surface area contributed by atoms with E-state index >= 15 is 0 Å². The van der Waals surface area contributed by atoms with Crippen LogP contribution in [0.5, 0.6) is 5.75 Å². The molecule has 1 atom stereocenters. The molecule has 5 heteroatoms. The predicted octanol–water partition coefficient (Wildman–Crippen LogP) is 2.72. The van der Waals surface area contributed by atoms with Gasteiger partial charge >= 0.3 is 5.97 Å². The van der Waals surface area contributed by atoms with Crippen LogP contribution in [0.3, 0.4) is 0 Å². The summed E-state index contributed by atoms with van der Waals surface area (Å²) in [5.41, 5.74) is 1.96. The molecule has 20 heavy (non-hydrogen) atoms. The van der Waals surface area contributed by atoms with Crippen LogP contribution in [0.2, 0.25) is 0 Å². The van der Waals surface area contributed by atoms with Crippen molar-refractivity contribution in [3.05, 3.63) is 53.9 Å². The van der Waals surface area contributed by atoms with Crippen LogP contribution in [0.4, 0.5) is 5.69 Å². The number of pyridine rings is 1. The zero-order valence-electron chi connectivity index (χ0n) is 10.7. The maximum absolute atomic E-state index is 10.8. The number of carbonyl (C=O) groups is 1. The Balaban J connectivity index is 1.80. The van der Waals surface area contributed by atoms with E-state index in [0.717, 1.165) is 23.4 Å². The monoisotopic (exact) mass is 270 g/mol. The molecule has 0 saturated heterocycles. The summed E-state index contributed by atoms with van der Waals surface area (Å²) in [7, 11) is 0.